The fraction of sp³-hybridized carbons (Fsp3) is 0.500. The first-order valence-electron chi connectivity index (χ1n) is 16.1. The van der Waals surface area contributed by atoms with Crippen molar-refractivity contribution in [3.05, 3.63) is 65.8 Å². The van der Waals surface area contributed by atoms with Crippen LogP contribution in [0.3, 0.4) is 0 Å². The van der Waals surface area contributed by atoms with E-state index in [0.717, 1.165) is 32.1 Å². The van der Waals surface area contributed by atoms with Crippen molar-refractivity contribution in [3.63, 3.8) is 0 Å². The number of nitrogens with one attached hydrogen (secondary N) is 2. The van der Waals surface area contributed by atoms with Gasteiger partial charge in [-0.15, -0.1) is 0 Å². The third-order valence-corrected chi connectivity index (χ3v) is 8.48. The van der Waals surface area contributed by atoms with Gasteiger partial charge in [0, 0.05) is 25.5 Å². The van der Waals surface area contributed by atoms with E-state index in [0.29, 0.717) is 17.6 Å². The molecule has 1 aliphatic carbocycles. The van der Waals surface area contributed by atoms with E-state index < -0.39 is 36.0 Å². The highest BCUT2D eigenvalue weighted by atomic mass is 16.5. The Hall–Kier alpha value is -4.18. The summed E-state index contributed by atoms with van der Waals surface area (Å²) in [4.78, 5) is 52.0. The number of amides is 2. The summed E-state index contributed by atoms with van der Waals surface area (Å²) in [6, 6.07) is 1.83. The van der Waals surface area contributed by atoms with Crippen molar-refractivity contribution in [3.8, 4) is 11.5 Å². The zero-order valence-electron chi connectivity index (χ0n) is 27.3. The number of ketones is 1. The summed E-state index contributed by atoms with van der Waals surface area (Å²) >= 11 is 0. The average Bonchev–Trinajstić information content (AvgIpc) is 3.04. The summed E-state index contributed by atoms with van der Waals surface area (Å²) in [7, 11) is 1.49. The predicted molar refractivity (Wildman–Crippen MR) is 176 cm³/mol. The molecule has 1 fully saturated rings. The molecule has 2 amide bonds. The highest BCUT2D eigenvalue weighted by Crippen LogP contribution is 2.34. The molecule has 2 aliphatic rings. The minimum absolute atomic E-state index is 0.0182. The normalized spacial score (nSPS) is 26.3. The van der Waals surface area contributed by atoms with Gasteiger partial charge < -0.3 is 30.3 Å². The van der Waals surface area contributed by atoms with Crippen molar-refractivity contribution in [1.29, 1.82) is 0 Å². The standard InChI is InChI=1S/C36H48N2O8/c1-23-14-13-17-27-20-28(39)21-30(34(27)42)38-32(40)22-29(45-4)18-11-6-5-7-12-19-31(24(2)33(23)41)46-36(44)25(3)37-35(43)26-15-9-8-10-16-26/h5-7,11-12,14,18,20-21,24-26,29,31,39,42H,8-10,13,15-17,19,22H2,1-4H3,(H,37,43)(H,38,40)/b6-5-,12-7-,18-11-,23-14-. The summed E-state index contributed by atoms with van der Waals surface area (Å²) < 4.78 is 11.2. The van der Waals surface area contributed by atoms with E-state index >= 15 is 0 Å². The Labute approximate surface area is 271 Å². The van der Waals surface area contributed by atoms with Gasteiger partial charge in [-0.05, 0) is 56.7 Å². The Morgan fingerprint density at radius 2 is 1.76 bits per heavy atom. The maximum atomic E-state index is 13.5. The topological polar surface area (TPSA) is 151 Å². The number of benzene rings is 1. The van der Waals surface area contributed by atoms with Crippen LogP contribution in [-0.2, 0) is 35.1 Å². The number of phenolic OH excluding ortho intramolecular Hbond substituents is 2. The summed E-state index contributed by atoms with van der Waals surface area (Å²) in [5.41, 5.74) is 0.945. The van der Waals surface area contributed by atoms with Gasteiger partial charge in [-0.2, -0.15) is 0 Å². The quantitative estimate of drug-likeness (QED) is 0.185. The molecule has 2 bridgehead atoms. The first kappa shape index (κ1) is 36.3. The molecule has 4 atom stereocenters. The number of anilines is 1. The van der Waals surface area contributed by atoms with Crippen LogP contribution in [0.1, 0.15) is 77.7 Å². The summed E-state index contributed by atoms with van der Waals surface area (Å²) in [5.74, 6) is -2.42. The van der Waals surface area contributed by atoms with Crippen molar-refractivity contribution in [1.82, 2.24) is 5.32 Å². The van der Waals surface area contributed by atoms with Crippen LogP contribution >= 0.6 is 0 Å². The summed E-state index contributed by atoms with van der Waals surface area (Å²) in [6.45, 7) is 5.00. The molecule has 1 aliphatic heterocycles. The Morgan fingerprint density at radius 1 is 1.04 bits per heavy atom. The van der Waals surface area contributed by atoms with E-state index in [1.165, 1.54) is 19.2 Å². The van der Waals surface area contributed by atoms with Crippen LogP contribution in [0.5, 0.6) is 11.5 Å². The second-order valence-electron chi connectivity index (χ2n) is 12.1. The second-order valence-corrected chi connectivity index (χ2v) is 12.1. The van der Waals surface area contributed by atoms with Crippen LogP contribution in [0.25, 0.3) is 0 Å². The van der Waals surface area contributed by atoms with Crippen LogP contribution in [0.2, 0.25) is 0 Å². The Morgan fingerprint density at radius 3 is 2.48 bits per heavy atom. The molecule has 4 N–H and O–H groups in total. The Kier molecular flexibility index (Phi) is 14.3. The number of methoxy groups -OCH3 is 1. The number of hydrogen-bond donors (Lipinski definition) is 4. The van der Waals surface area contributed by atoms with Gasteiger partial charge >= 0.3 is 5.97 Å². The maximum Gasteiger partial charge on any atom is 0.328 e. The lowest BCUT2D eigenvalue weighted by molar-refractivity contribution is -0.156. The van der Waals surface area contributed by atoms with Crippen molar-refractivity contribution in [2.75, 3.05) is 12.4 Å². The molecule has 1 aromatic rings. The lowest BCUT2D eigenvalue weighted by Gasteiger charge is -2.26. The van der Waals surface area contributed by atoms with Gasteiger partial charge in [0.2, 0.25) is 11.8 Å². The number of aryl methyl sites for hydroxylation is 1. The molecule has 46 heavy (non-hydrogen) atoms. The van der Waals surface area contributed by atoms with E-state index in [-0.39, 0.29) is 54.1 Å². The monoisotopic (exact) mass is 636 g/mol. The van der Waals surface area contributed by atoms with Gasteiger partial charge in [0.1, 0.15) is 23.6 Å². The first-order valence-corrected chi connectivity index (χ1v) is 16.1. The van der Waals surface area contributed by atoms with E-state index in [2.05, 4.69) is 10.6 Å². The summed E-state index contributed by atoms with van der Waals surface area (Å²) in [5, 5.41) is 26.5. The van der Waals surface area contributed by atoms with Crippen LogP contribution in [0, 0.1) is 11.8 Å². The van der Waals surface area contributed by atoms with Crippen LogP contribution in [0.4, 0.5) is 5.69 Å². The molecule has 3 rings (SSSR count). The zero-order chi connectivity index (χ0) is 33.6. The molecule has 4 unspecified atom stereocenters. The van der Waals surface area contributed by atoms with Crippen molar-refractivity contribution in [2.24, 2.45) is 11.8 Å². The fourth-order valence-electron chi connectivity index (χ4n) is 5.62. The Bertz CT molecular complexity index is 1360. The molecule has 0 aromatic heterocycles. The second kappa shape index (κ2) is 18.1. The van der Waals surface area contributed by atoms with Crippen LogP contribution in [0.15, 0.2) is 60.2 Å². The number of fused-ring (bicyclic) bond motifs is 2. The molecule has 0 saturated heterocycles. The number of ether oxygens (including phenoxy) is 2. The minimum Gasteiger partial charge on any atom is -0.508 e. The molecular weight excluding hydrogens is 588 g/mol. The zero-order valence-corrected chi connectivity index (χ0v) is 27.3. The number of aromatic hydroxyl groups is 2. The predicted octanol–water partition coefficient (Wildman–Crippen LogP) is 5.59. The molecule has 0 spiro atoms. The molecule has 10 nitrogen and oxygen atoms in total. The number of phenols is 2. The number of hydrogen-bond acceptors (Lipinski definition) is 8. The van der Waals surface area contributed by atoms with Crippen molar-refractivity contribution in [2.45, 2.75) is 96.8 Å². The molecule has 1 saturated carbocycles. The van der Waals surface area contributed by atoms with E-state index in [4.69, 9.17) is 9.47 Å². The molecule has 250 valence electrons. The van der Waals surface area contributed by atoms with E-state index in [1.807, 2.05) is 6.08 Å². The molecule has 1 aromatic carbocycles. The summed E-state index contributed by atoms with van der Waals surface area (Å²) in [6.07, 6.45) is 16.6. The van der Waals surface area contributed by atoms with Gasteiger partial charge in [0.05, 0.1) is 24.1 Å². The number of carbonyl (C=O) groups excluding carboxylic acids is 4. The van der Waals surface area contributed by atoms with Gasteiger partial charge in [0.25, 0.3) is 0 Å². The number of rotatable bonds is 5. The van der Waals surface area contributed by atoms with E-state index in [1.54, 1.807) is 57.2 Å². The average molecular weight is 637 g/mol. The maximum absolute atomic E-state index is 13.5. The largest absolute Gasteiger partial charge is 0.508 e. The minimum atomic E-state index is -0.859. The Balaban J connectivity index is 1.82. The number of Topliss-reactive ketones (excluding diaryl/α,β-unsaturated/α-hetero) is 1. The third-order valence-electron chi connectivity index (χ3n) is 8.48. The molecule has 1 heterocycles. The SMILES string of the molecule is COC1\C=C/C=C\C=C/CC(OC(=O)C(C)NC(=O)C2CCCCC2)C(C)C(=O)/C(C)=C\CCc2cc(O)cc(c2O)NC(=O)C1. The lowest BCUT2D eigenvalue weighted by atomic mass is 9.88. The highest BCUT2D eigenvalue weighted by molar-refractivity contribution is 5.97. The fourth-order valence-corrected chi connectivity index (χ4v) is 5.62. The molecule has 10 heteroatoms. The van der Waals surface area contributed by atoms with Gasteiger partial charge in [-0.3, -0.25) is 14.4 Å². The molecule has 0 radical (unpaired) electrons. The molecular formula is C36H48N2O8. The van der Waals surface area contributed by atoms with Crippen molar-refractivity contribution >= 4 is 29.3 Å². The smallest absolute Gasteiger partial charge is 0.328 e. The number of carbonyl (C=O) groups is 4. The van der Waals surface area contributed by atoms with Crippen molar-refractivity contribution < 1.29 is 38.9 Å². The van der Waals surface area contributed by atoms with Gasteiger partial charge in [-0.1, -0.05) is 68.7 Å². The van der Waals surface area contributed by atoms with E-state index in [9.17, 15) is 29.4 Å². The van der Waals surface area contributed by atoms with Crippen LogP contribution in [-0.4, -0.2) is 59.1 Å². The van der Waals surface area contributed by atoms with Crippen LogP contribution < -0.4 is 10.6 Å². The first-order chi connectivity index (χ1) is 22.0. The number of allylic oxidation sites excluding steroid dienone is 6. The lowest BCUT2D eigenvalue weighted by Crippen LogP contribution is -2.45. The number of esters is 1. The highest BCUT2D eigenvalue weighted by Gasteiger charge is 2.31. The third kappa shape index (κ3) is 11.0. The van der Waals surface area contributed by atoms with Gasteiger partial charge in [-0.25, -0.2) is 4.79 Å². The van der Waals surface area contributed by atoms with Gasteiger partial charge in [0.15, 0.2) is 5.78 Å².